The van der Waals surface area contributed by atoms with E-state index in [1.807, 2.05) is 26.8 Å². The summed E-state index contributed by atoms with van der Waals surface area (Å²) in [5, 5.41) is 8.83. The van der Waals surface area contributed by atoms with E-state index in [4.69, 9.17) is 5.26 Å². The quantitative estimate of drug-likeness (QED) is 0.742. The SMILES string of the molecule is Cc1cc(C)c(C(=O)N2CCN(c3cc(F)c(C#N)cc3F)C[C@@H]2C)cc1C=O. The largest absolute Gasteiger partial charge is 0.365 e. The maximum Gasteiger partial charge on any atom is 0.254 e. The van der Waals surface area contributed by atoms with Crippen molar-refractivity contribution in [1.29, 1.82) is 5.26 Å². The number of carbonyl (C=O) groups is 2. The second-order valence-electron chi connectivity index (χ2n) is 7.33. The fraction of sp³-hybridized carbons (Fsp3) is 0.318. The van der Waals surface area contributed by atoms with Crippen molar-refractivity contribution in [3.05, 3.63) is 63.7 Å². The van der Waals surface area contributed by atoms with Crippen LogP contribution in [0.15, 0.2) is 24.3 Å². The molecule has 29 heavy (non-hydrogen) atoms. The molecule has 150 valence electrons. The average molecular weight is 397 g/mol. The first-order chi connectivity index (χ1) is 13.8. The lowest BCUT2D eigenvalue weighted by molar-refractivity contribution is 0.0673. The summed E-state index contributed by atoms with van der Waals surface area (Å²) in [6.07, 6.45) is 0.731. The number of piperazine rings is 1. The van der Waals surface area contributed by atoms with E-state index in [2.05, 4.69) is 0 Å². The molecule has 0 N–H and O–H groups in total. The van der Waals surface area contributed by atoms with Gasteiger partial charge in [-0.2, -0.15) is 5.26 Å². The van der Waals surface area contributed by atoms with Gasteiger partial charge in [0, 0.05) is 42.9 Å². The van der Waals surface area contributed by atoms with E-state index >= 15 is 0 Å². The highest BCUT2D eigenvalue weighted by atomic mass is 19.1. The zero-order valence-corrected chi connectivity index (χ0v) is 16.5. The van der Waals surface area contributed by atoms with E-state index in [0.717, 1.165) is 29.5 Å². The molecule has 0 saturated carbocycles. The monoisotopic (exact) mass is 397 g/mol. The van der Waals surface area contributed by atoms with Crippen molar-refractivity contribution in [2.24, 2.45) is 0 Å². The maximum absolute atomic E-state index is 14.4. The number of amides is 1. The topological polar surface area (TPSA) is 64.4 Å². The molecule has 1 aliphatic heterocycles. The molecule has 2 aromatic carbocycles. The lowest BCUT2D eigenvalue weighted by Gasteiger charge is -2.41. The Balaban J connectivity index is 1.82. The summed E-state index contributed by atoms with van der Waals surface area (Å²) in [6, 6.07) is 6.70. The number of hydrogen-bond donors (Lipinski definition) is 0. The summed E-state index contributed by atoms with van der Waals surface area (Å²) in [5.74, 6) is -1.63. The summed E-state index contributed by atoms with van der Waals surface area (Å²) in [4.78, 5) is 27.7. The van der Waals surface area contributed by atoms with Crippen LogP contribution in [0.2, 0.25) is 0 Å². The molecule has 0 bridgehead atoms. The lowest BCUT2D eigenvalue weighted by atomic mass is 9.99. The number of aldehydes is 1. The molecular formula is C22H21F2N3O2. The van der Waals surface area contributed by atoms with Crippen LogP contribution in [0.4, 0.5) is 14.5 Å². The predicted molar refractivity (Wildman–Crippen MR) is 105 cm³/mol. The van der Waals surface area contributed by atoms with Crippen molar-refractivity contribution in [2.75, 3.05) is 24.5 Å². The first kappa shape index (κ1) is 20.5. The second-order valence-corrected chi connectivity index (χ2v) is 7.33. The van der Waals surface area contributed by atoms with Crippen LogP contribution < -0.4 is 4.90 Å². The molecule has 1 atom stereocenters. The zero-order chi connectivity index (χ0) is 21.3. The Morgan fingerprint density at radius 2 is 1.86 bits per heavy atom. The van der Waals surface area contributed by atoms with Gasteiger partial charge in [0.1, 0.15) is 24.0 Å². The van der Waals surface area contributed by atoms with Gasteiger partial charge in [-0.1, -0.05) is 6.07 Å². The molecule has 2 aromatic rings. The highest BCUT2D eigenvalue weighted by molar-refractivity contribution is 5.98. The number of rotatable bonds is 3. The number of hydrogen-bond acceptors (Lipinski definition) is 4. The molecule has 0 aliphatic carbocycles. The molecular weight excluding hydrogens is 376 g/mol. The Morgan fingerprint density at radius 3 is 2.48 bits per heavy atom. The molecule has 0 aromatic heterocycles. The van der Waals surface area contributed by atoms with E-state index in [1.54, 1.807) is 21.9 Å². The molecule has 3 rings (SSSR count). The number of nitrogens with zero attached hydrogens (tertiary/aromatic N) is 3. The summed E-state index contributed by atoms with van der Waals surface area (Å²) < 4.78 is 28.3. The second kappa shape index (κ2) is 8.00. The molecule has 5 nitrogen and oxygen atoms in total. The number of anilines is 1. The van der Waals surface area contributed by atoms with Gasteiger partial charge in [-0.3, -0.25) is 9.59 Å². The lowest BCUT2D eigenvalue weighted by Crippen LogP contribution is -2.54. The molecule has 0 radical (unpaired) electrons. The Kier molecular flexibility index (Phi) is 5.64. The van der Waals surface area contributed by atoms with Crippen LogP contribution in [-0.2, 0) is 0 Å². The van der Waals surface area contributed by atoms with Gasteiger partial charge in [0.05, 0.1) is 11.3 Å². The highest BCUT2D eigenvalue weighted by Gasteiger charge is 2.30. The minimum atomic E-state index is -0.772. The third-order valence-electron chi connectivity index (χ3n) is 5.36. The van der Waals surface area contributed by atoms with Crippen LogP contribution in [0.3, 0.4) is 0 Å². The fourth-order valence-corrected chi connectivity index (χ4v) is 3.72. The van der Waals surface area contributed by atoms with Gasteiger partial charge in [-0.25, -0.2) is 8.78 Å². The summed E-state index contributed by atoms with van der Waals surface area (Å²) in [7, 11) is 0. The van der Waals surface area contributed by atoms with E-state index in [-0.39, 0.29) is 23.2 Å². The van der Waals surface area contributed by atoms with Crippen molar-refractivity contribution in [3.8, 4) is 6.07 Å². The van der Waals surface area contributed by atoms with Gasteiger partial charge in [0.15, 0.2) is 0 Å². The van der Waals surface area contributed by atoms with Crippen LogP contribution in [0.5, 0.6) is 0 Å². The van der Waals surface area contributed by atoms with E-state index in [0.29, 0.717) is 30.8 Å². The zero-order valence-electron chi connectivity index (χ0n) is 16.5. The number of nitriles is 1. The molecule has 1 aliphatic rings. The maximum atomic E-state index is 14.4. The third kappa shape index (κ3) is 3.83. The predicted octanol–water partition coefficient (Wildman–Crippen LogP) is 3.62. The van der Waals surface area contributed by atoms with E-state index in [9.17, 15) is 18.4 Å². The van der Waals surface area contributed by atoms with E-state index < -0.39 is 11.6 Å². The summed E-state index contributed by atoms with van der Waals surface area (Å²) >= 11 is 0. The van der Waals surface area contributed by atoms with E-state index in [1.165, 1.54) is 0 Å². The van der Waals surface area contributed by atoms with Crippen molar-refractivity contribution < 1.29 is 18.4 Å². The van der Waals surface area contributed by atoms with Gasteiger partial charge in [0.2, 0.25) is 0 Å². The molecule has 7 heteroatoms. The first-order valence-electron chi connectivity index (χ1n) is 9.28. The van der Waals surface area contributed by atoms with Gasteiger partial charge < -0.3 is 9.80 Å². The normalized spacial score (nSPS) is 16.5. The average Bonchev–Trinajstić information content (AvgIpc) is 2.69. The van der Waals surface area contributed by atoms with Crippen molar-refractivity contribution >= 4 is 17.9 Å². The fourth-order valence-electron chi connectivity index (χ4n) is 3.72. The standard InChI is InChI=1S/C22H21F2N3O2/c1-13-6-14(2)18(7-17(13)12-28)22(29)27-5-4-26(11-15(27)3)21-9-19(23)16(10-25)8-20(21)24/h6-9,12,15H,4-5,11H2,1-3H3/t15-/m0/s1. The number of carbonyl (C=O) groups excluding carboxylic acids is 2. The number of aryl methyl sites for hydroxylation is 2. The van der Waals surface area contributed by atoms with Crippen molar-refractivity contribution in [3.63, 3.8) is 0 Å². The Bertz CT molecular complexity index is 1030. The molecule has 1 saturated heterocycles. The smallest absolute Gasteiger partial charge is 0.254 e. The minimum Gasteiger partial charge on any atom is -0.365 e. The van der Waals surface area contributed by atoms with Crippen LogP contribution in [-0.4, -0.2) is 42.8 Å². The van der Waals surface area contributed by atoms with Crippen LogP contribution in [0.25, 0.3) is 0 Å². The molecule has 1 heterocycles. The highest BCUT2D eigenvalue weighted by Crippen LogP contribution is 2.27. The molecule has 1 amide bonds. The Hall–Kier alpha value is -3.27. The number of benzene rings is 2. The Morgan fingerprint density at radius 1 is 1.14 bits per heavy atom. The van der Waals surface area contributed by atoms with Crippen LogP contribution >= 0.6 is 0 Å². The van der Waals surface area contributed by atoms with Gasteiger partial charge in [-0.05, 0) is 44.0 Å². The molecule has 1 fully saturated rings. The molecule has 0 unspecified atom stereocenters. The van der Waals surface area contributed by atoms with Crippen molar-refractivity contribution in [1.82, 2.24) is 4.90 Å². The van der Waals surface area contributed by atoms with Gasteiger partial charge in [-0.15, -0.1) is 0 Å². The molecule has 0 spiro atoms. The first-order valence-corrected chi connectivity index (χ1v) is 9.28. The van der Waals surface area contributed by atoms with Crippen molar-refractivity contribution in [2.45, 2.75) is 26.8 Å². The van der Waals surface area contributed by atoms with Crippen LogP contribution in [0, 0.1) is 36.8 Å². The summed E-state index contributed by atoms with van der Waals surface area (Å²) in [6.45, 7) is 6.45. The minimum absolute atomic E-state index is 0.0789. The summed E-state index contributed by atoms with van der Waals surface area (Å²) in [5.41, 5.74) is 2.27. The van der Waals surface area contributed by atoms with Gasteiger partial charge >= 0.3 is 0 Å². The Labute approximate surface area is 168 Å². The third-order valence-corrected chi connectivity index (χ3v) is 5.36. The van der Waals surface area contributed by atoms with Gasteiger partial charge in [0.25, 0.3) is 5.91 Å². The van der Waals surface area contributed by atoms with Crippen LogP contribution in [0.1, 0.15) is 44.3 Å². The number of halogens is 2.